The van der Waals surface area contributed by atoms with E-state index < -0.39 is 11.6 Å². The highest BCUT2D eigenvalue weighted by Gasteiger charge is 2.15. The predicted octanol–water partition coefficient (Wildman–Crippen LogP) is 2.65. The van der Waals surface area contributed by atoms with Crippen molar-refractivity contribution in [1.82, 2.24) is 5.32 Å². The Bertz CT molecular complexity index is 767. The maximum absolute atomic E-state index is 13.1. The smallest absolute Gasteiger partial charge is 0.251 e. The molecule has 0 aliphatic carbocycles. The summed E-state index contributed by atoms with van der Waals surface area (Å²) >= 11 is 0. The lowest BCUT2D eigenvalue weighted by Crippen LogP contribution is -2.31. The Morgan fingerprint density at radius 2 is 1.67 bits per heavy atom. The summed E-state index contributed by atoms with van der Waals surface area (Å²) in [6.45, 7) is 0.609. The summed E-state index contributed by atoms with van der Waals surface area (Å²) in [6.07, 6.45) is 0.755. The number of nitrogens with one attached hydrogen (secondary N) is 1. The van der Waals surface area contributed by atoms with Gasteiger partial charge in [-0.2, -0.15) is 0 Å². The number of carbonyl (C=O) groups excluding carboxylic acids is 1. The number of halogens is 2. The lowest BCUT2D eigenvalue weighted by atomic mass is 9.98. The van der Waals surface area contributed by atoms with Gasteiger partial charge in [0.25, 0.3) is 5.91 Å². The van der Waals surface area contributed by atoms with Crippen LogP contribution < -0.4 is 5.32 Å². The van der Waals surface area contributed by atoms with E-state index in [4.69, 9.17) is 0 Å². The van der Waals surface area contributed by atoms with Gasteiger partial charge in [-0.05, 0) is 42.3 Å². The van der Waals surface area contributed by atoms with Gasteiger partial charge in [-0.1, -0.05) is 11.8 Å². The molecule has 0 fully saturated rings. The zero-order valence-electron chi connectivity index (χ0n) is 11.0. The van der Waals surface area contributed by atoms with Gasteiger partial charge in [0, 0.05) is 29.3 Å². The quantitative estimate of drug-likeness (QED) is 0.740. The van der Waals surface area contributed by atoms with E-state index in [9.17, 15) is 13.6 Å². The molecule has 1 amide bonds. The fourth-order valence-corrected chi connectivity index (χ4v) is 2.28. The minimum Gasteiger partial charge on any atom is -0.352 e. The molecule has 0 unspecified atom stereocenters. The summed E-state index contributed by atoms with van der Waals surface area (Å²) in [4.78, 5) is 11.6. The van der Waals surface area contributed by atoms with Gasteiger partial charge < -0.3 is 5.32 Å². The SMILES string of the molecule is O=C1NCCc2cc(C#Cc3cc(F)cc(F)c3)ccc21. The molecule has 4 heteroatoms. The van der Waals surface area contributed by atoms with E-state index >= 15 is 0 Å². The van der Waals surface area contributed by atoms with Crippen molar-refractivity contribution in [2.75, 3.05) is 6.54 Å². The average Bonchev–Trinajstić information content (AvgIpc) is 2.44. The third kappa shape index (κ3) is 2.92. The topological polar surface area (TPSA) is 29.1 Å². The van der Waals surface area contributed by atoms with Crippen molar-refractivity contribution in [3.05, 3.63) is 70.3 Å². The molecule has 2 nitrogen and oxygen atoms in total. The molecule has 0 aromatic heterocycles. The van der Waals surface area contributed by atoms with Gasteiger partial charge in [0.2, 0.25) is 0 Å². The number of rotatable bonds is 0. The van der Waals surface area contributed by atoms with Crippen LogP contribution in [0.3, 0.4) is 0 Å². The summed E-state index contributed by atoms with van der Waals surface area (Å²) in [5, 5.41) is 2.77. The van der Waals surface area contributed by atoms with Crippen LogP contribution in [0.2, 0.25) is 0 Å². The van der Waals surface area contributed by atoms with E-state index in [0.717, 1.165) is 18.1 Å². The zero-order chi connectivity index (χ0) is 14.8. The van der Waals surface area contributed by atoms with Crippen LogP contribution in [0.5, 0.6) is 0 Å². The summed E-state index contributed by atoms with van der Waals surface area (Å²) < 4.78 is 26.1. The predicted molar refractivity (Wildman–Crippen MR) is 74.8 cm³/mol. The van der Waals surface area contributed by atoms with Crippen LogP contribution in [0.25, 0.3) is 0 Å². The normalized spacial score (nSPS) is 13.0. The Labute approximate surface area is 120 Å². The van der Waals surface area contributed by atoms with Gasteiger partial charge in [0.05, 0.1) is 0 Å². The number of benzene rings is 2. The van der Waals surface area contributed by atoms with Crippen LogP contribution in [0, 0.1) is 23.5 Å². The number of fused-ring (bicyclic) bond motifs is 1. The largest absolute Gasteiger partial charge is 0.352 e. The molecule has 0 saturated heterocycles. The first kappa shape index (κ1) is 13.3. The number of hydrogen-bond donors (Lipinski definition) is 1. The summed E-state index contributed by atoms with van der Waals surface area (Å²) in [7, 11) is 0. The first-order chi connectivity index (χ1) is 10.1. The molecule has 104 valence electrons. The molecule has 0 atom stereocenters. The van der Waals surface area contributed by atoms with Gasteiger partial charge in [-0.15, -0.1) is 0 Å². The van der Waals surface area contributed by atoms with E-state index in [2.05, 4.69) is 17.2 Å². The van der Waals surface area contributed by atoms with Crippen LogP contribution in [0.4, 0.5) is 8.78 Å². The fourth-order valence-electron chi connectivity index (χ4n) is 2.28. The van der Waals surface area contributed by atoms with E-state index in [1.54, 1.807) is 12.1 Å². The number of amides is 1. The monoisotopic (exact) mass is 283 g/mol. The van der Waals surface area contributed by atoms with Crippen LogP contribution in [-0.2, 0) is 6.42 Å². The molecule has 1 aliphatic heterocycles. The first-order valence-corrected chi connectivity index (χ1v) is 6.51. The Morgan fingerprint density at radius 3 is 2.43 bits per heavy atom. The highest BCUT2D eigenvalue weighted by Crippen LogP contribution is 2.15. The second kappa shape index (κ2) is 5.37. The van der Waals surface area contributed by atoms with Gasteiger partial charge in [0.15, 0.2) is 0 Å². The van der Waals surface area contributed by atoms with Crippen molar-refractivity contribution in [1.29, 1.82) is 0 Å². The third-order valence-corrected chi connectivity index (χ3v) is 3.24. The lowest BCUT2D eigenvalue weighted by molar-refractivity contribution is 0.0946. The minimum absolute atomic E-state index is 0.0806. The Kier molecular flexibility index (Phi) is 3.41. The van der Waals surface area contributed by atoms with Crippen LogP contribution in [0.15, 0.2) is 36.4 Å². The average molecular weight is 283 g/mol. The molecule has 1 heterocycles. The molecule has 0 bridgehead atoms. The van der Waals surface area contributed by atoms with Crippen molar-refractivity contribution >= 4 is 5.91 Å². The number of carbonyl (C=O) groups is 1. The maximum Gasteiger partial charge on any atom is 0.251 e. The Morgan fingerprint density at radius 1 is 0.952 bits per heavy atom. The van der Waals surface area contributed by atoms with E-state index in [0.29, 0.717) is 17.7 Å². The van der Waals surface area contributed by atoms with E-state index in [-0.39, 0.29) is 11.5 Å². The standard InChI is InChI=1S/C17H11F2NO/c18-14-8-12(9-15(19)10-14)2-1-11-3-4-16-13(7-11)5-6-20-17(16)21/h3-4,7-10H,5-6H2,(H,20,21). The van der Waals surface area contributed by atoms with E-state index in [1.165, 1.54) is 12.1 Å². The molecule has 0 saturated carbocycles. The molecule has 0 spiro atoms. The molecular formula is C17H11F2NO. The van der Waals surface area contributed by atoms with Gasteiger partial charge in [-0.25, -0.2) is 8.78 Å². The van der Waals surface area contributed by atoms with Gasteiger partial charge in [-0.3, -0.25) is 4.79 Å². The zero-order valence-corrected chi connectivity index (χ0v) is 11.0. The Balaban J connectivity index is 1.92. The van der Waals surface area contributed by atoms with Crippen LogP contribution >= 0.6 is 0 Å². The molecule has 21 heavy (non-hydrogen) atoms. The second-order valence-corrected chi connectivity index (χ2v) is 4.79. The summed E-state index contributed by atoms with van der Waals surface area (Å²) in [5.41, 5.74) is 2.59. The highest BCUT2D eigenvalue weighted by molar-refractivity contribution is 5.96. The molecule has 2 aromatic carbocycles. The highest BCUT2D eigenvalue weighted by atomic mass is 19.1. The van der Waals surface area contributed by atoms with Gasteiger partial charge in [0.1, 0.15) is 11.6 Å². The molecule has 1 N–H and O–H groups in total. The van der Waals surface area contributed by atoms with E-state index in [1.807, 2.05) is 6.07 Å². The molecule has 1 aliphatic rings. The summed E-state index contributed by atoms with van der Waals surface area (Å²) in [5.74, 6) is 4.21. The molecule has 3 rings (SSSR count). The van der Waals surface area contributed by atoms with Crippen molar-refractivity contribution < 1.29 is 13.6 Å². The van der Waals surface area contributed by atoms with Crippen molar-refractivity contribution in [2.45, 2.75) is 6.42 Å². The second-order valence-electron chi connectivity index (χ2n) is 4.79. The summed E-state index contributed by atoms with van der Waals surface area (Å²) in [6, 6.07) is 8.47. The third-order valence-electron chi connectivity index (χ3n) is 3.24. The van der Waals surface area contributed by atoms with Crippen LogP contribution in [-0.4, -0.2) is 12.5 Å². The maximum atomic E-state index is 13.1. The van der Waals surface area contributed by atoms with Crippen molar-refractivity contribution in [2.24, 2.45) is 0 Å². The molecular weight excluding hydrogens is 272 g/mol. The first-order valence-electron chi connectivity index (χ1n) is 6.51. The minimum atomic E-state index is -0.651. The number of hydrogen-bond acceptors (Lipinski definition) is 1. The lowest BCUT2D eigenvalue weighted by Gasteiger charge is -2.16. The molecule has 2 aromatic rings. The fraction of sp³-hybridized carbons (Fsp3) is 0.118. The van der Waals surface area contributed by atoms with Crippen molar-refractivity contribution in [3.8, 4) is 11.8 Å². The van der Waals surface area contributed by atoms with Crippen LogP contribution in [0.1, 0.15) is 27.0 Å². The molecule has 0 radical (unpaired) electrons. The van der Waals surface area contributed by atoms with Crippen molar-refractivity contribution in [3.63, 3.8) is 0 Å². The van der Waals surface area contributed by atoms with Gasteiger partial charge >= 0.3 is 0 Å². The Hall–Kier alpha value is -2.67.